The fourth-order valence-corrected chi connectivity index (χ4v) is 2.11. The van der Waals surface area contributed by atoms with Crippen LogP contribution in [0.2, 0.25) is 0 Å². The molecular formula is C16H21NO6. The number of alkyl carbamates (subject to hydrolysis) is 1. The first-order valence-electron chi connectivity index (χ1n) is 7.35. The summed E-state index contributed by atoms with van der Waals surface area (Å²) < 4.78 is 15.6. The Bertz CT molecular complexity index is 593. The number of benzene rings is 1. The summed E-state index contributed by atoms with van der Waals surface area (Å²) in [6.45, 7) is 5.34. The van der Waals surface area contributed by atoms with Crippen molar-refractivity contribution in [2.45, 2.75) is 45.3 Å². The van der Waals surface area contributed by atoms with Crippen molar-refractivity contribution in [3.63, 3.8) is 0 Å². The number of aryl methyl sites for hydroxylation is 1. The molecule has 1 aliphatic heterocycles. The molecule has 0 bridgehead atoms. The largest absolute Gasteiger partial charge is 0.480 e. The molecule has 1 aromatic rings. The summed E-state index contributed by atoms with van der Waals surface area (Å²) in [5.41, 5.74) is 0.233. The molecule has 0 fully saturated rings. The van der Waals surface area contributed by atoms with Gasteiger partial charge in [-0.1, -0.05) is 6.07 Å². The maximum Gasteiger partial charge on any atom is 0.408 e. The van der Waals surface area contributed by atoms with Crippen LogP contribution in [0.3, 0.4) is 0 Å². The minimum Gasteiger partial charge on any atom is -0.480 e. The second kappa shape index (κ2) is 6.76. The Morgan fingerprint density at radius 3 is 2.65 bits per heavy atom. The van der Waals surface area contributed by atoms with E-state index in [0.29, 0.717) is 17.9 Å². The molecule has 0 spiro atoms. The van der Waals surface area contributed by atoms with Gasteiger partial charge in [0.2, 0.25) is 6.79 Å². The number of nitrogens with one attached hydrogen (secondary N) is 1. The van der Waals surface area contributed by atoms with Gasteiger partial charge in [0.15, 0.2) is 11.5 Å². The van der Waals surface area contributed by atoms with Crippen molar-refractivity contribution >= 4 is 12.1 Å². The molecule has 0 saturated heterocycles. The number of carboxylic acids is 1. The van der Waals surface area contributed by atoms with Crippen molar-refractivity contribution in [1.29, 1.82) is 0 Å². The lowest BCUT2D eigenvalue weighted by Crippen LogP contribution is -2.43. The molecule has 7 nitrogen and oxygen atoms in total. The fraction of sp³-hybridized carbons (Fsp3) is 0.500. The second-order valence-corrected chi connectivity index (χ2v) is 6.26. The van der Waals surface area contributed by atoms with Crippen LogP contribution in [-0.2, 0) is 16.0 Å². The molecular weight excluding hydrogens is 302 g/mol. The van der Waals surface area contributed by atoms with Crippen molar-refractivity contribution in [3.05, 3.63) is 23.8 Å². The van der Waals surface area contributed by atoms with Crippen LogP contribution >= 0.6 is 0 Å². The first kappa shape index (κ1) is 16.9. The van der Waals surface area contributed by atoms with E-state index in [1.165, 1.54) is 0 Å². The topological polar surface area (TPSA) is 94.1 Å². The van der Waals surface area contributed by atoms with E-state index in [0.717, 1.165) is 5.56 Å². The SMILES string of the molecule is CC(C)(C)OC(=O)N[C@@H](CCc1ccc2c(c1)OCO2)C(=O)O. The normalized spacial score (nSPS) is 14.2. The van der Waals surface area contributed by atoms with E-state index in [9.17, 15) is 14.7 Å². The standard InChI is InChI=1S/C16H21NO6/c1-16(2,3)23-15(20)17-11(14(18)19)6-4-10-5-7-12-13(8-10)22-9-21-12/h5,7-8,11H,4,6,9H2,1-3H3,(H,17,20)(H,18,19)/t11-/m0/s1. The minimum atomic E-state index is -1.10. The number of hydrogen-bond acceptors (Lipinski definition) is 5. The number of rotatable bonds is 5. The Hall–Kier alpha value is -2.44. The summed E-state index contributed by atoms with van der Waals surface area (Å²) in [6, 6.07) is 4.43. The number of aliphatic carboxylic acids is 1. The third-order valence-electron chi connectivity index (χ3n) is 3.15. The third-order valence-corrected chi connectivity index (χ3v) is 3.15. The highest BCUT2D eigenvalue weighted by atomic mass is 16.7. The van der Waals surface area contributed by atoms with E-state index < -0.39 is 23.7 Å². The van der Waals surface area contributed by atoms with E-state index in [-0.39, 0.29) is 13.2 Å². The lowest BCUT2D eigenvalue weighted by Gasteiger charge is -2.22. The van der Waals surface area contributed by atoms with Gasteiger partial charge in [0, 0.05) is 0 Å². The smallest absolute Gasteiger partial charge is 0.408 e. The number of ether oxygens (including phenoxy) is 3. The summed E-state index contributed by atoms with van der Waals surface area (Å²) in [5.74, 6) is 0.224. The average molecular weight is 323 g/mol. The van der Waals surface area contributed by atoms with E-state index in [2.05, 4.69) is 5.32 Å². The number of carbonyl (C=O) groups is 2. The molecule has 0 aromatic heterocycles. The van der Waals surface area contributed by atoms with Gasteiger partial charge in [-0.3, -0.25) is 0 Å². The first-order chi connectivity index (χ1) is 10.7. The van der Waals surface area contributed by atoms with Gasteiger partial charge in [0.1, 0.15) is 11.6 Å². The highest BCUT2D eigenvalue weighted by Gasteiger charge is 2.24. The van der Waals surface area contributed by atoms with Gasteiger partial charge in [0.05, 0.1) is 0 Å². The summed E-state index contributed by atoms with van der Waals surface area (Å²) >= 11 is 0. The zero-order valence-corrected chi connectivity index (χ0v) is 13.4. The van der Waals surface area contributed by atoms with Crippen LogP contribution in [0.15, 0.2) is 18.2 Å². The van der Waals surface area contributed by atoms with Gasteiger partial charge in [-0.2, -0.15) is 0 Å². The summed E-state index contributed by atoms with van der Waals surface area (Å²) in [7, 11) is 0. The monoisotopic (exact) mass is 323 g/mol. The number of amides is 1. The van der Waals surface area contributed by atoms with Gasteiger partial charge in [0.25, 0.3) is 0 Å². The Kier molecular flexibility index (Phi) is 4.98. The Labute approximate surface area is 134 Å². The fourth-order valence-electron chi connectivity index (χ4n) is 2.11. The summed E-state index contributed by atoms with van der Waals surface area (Å²) in [5, 5.41) is 11.6. The van der Waals surface area contributed by atoms with Crippen LogP contribution in [0.5, 0.6) is 11.5 Å². The zero-order valence-electron chi connectivity index (χ0n) is 13.4. The van der Waals surface area contributed by atoms with Crippen molar-refractivity contribution in [1.82, 2.24) is 5.32 Å². The molecule has 7 heteroatoms. The van der Waals surface area contributed by atoms with Crippen LogP contribution in [0.25, 0.3) is 0 Å². The van der Waals surface area contributed by atoms with E-state index in [1.807, 2.05) is 12.1 Å². The number of carboxylic acid groups (broad SMARTS) is 1. The Morgan fingerprint density at radius 2 is 2.00 bits per heavy atom. The summed E-state index contributed by atoms with van der Waals surface area (Å²) in [6.07, 6.45) is -0.0203. The molecule has 2 N–H and O–H groups in total. The molecule has 0 unspecified atom stereocenters. The third kappa shape index (κ3) is 5.05. The summed E-state index contributed by atoms with van der Waals surface area (Å²) in [4.78, 5) is 23.0. The quantitative estimate of drug-likeness (QED) is 0.863. The van der Waals surface area contributed by atoms with Crippen LogP contribution in [0.4, 0.5) is 4.79 Å². The van der Waals surface area contributed by atoms with Gasteiger partial charge < -0.3 is 24.6 Å². The van der Waals surface area contributed by atoms with Crippen LogP contribution in [0.1, 0.15) is 32.8 Å². The van der Waals surface area contributed by atoms with Crippen molar-refractivity contribution in [3.8, 4) is 11.5 Å². The van der Waals surface area contributed by atoms with Gasteiger partial charge in [-0.25, -0.2) is 9.59 Å². The van der Waals surface area contributed by atoms with E-state index in [4.69, 9.17) is 14.2 Å². The van der Waals surface area contributed by atoms with E-state index in [1.54, 1.807) is 26.8 Å². The lowest BCUT2D eigenvalue weighted by molar-refractivity contribution is -0.139. The predicted molar refractivity (Wildman–Crippen MR) is 81.7 cm³/mol. The zero-order chi connectivity index (χ0) is 17.0. The first-order valence-corrected chi connectivity index (χ1v) is 7.35. The Balaban J connectivity index is 1.92. The van der Waals surface area contributed by atoms with E-state index >= 15 is 0 Å². The molecule has 2 rings (SSSR count). The van der Waals surface area contributed by atoms with Crippen LogP contribution in [0, 0.1) is 0 Å². The average Bonchev–Trinajstić information content (AvgIpc) is 2.88. The predicted octanol–water partition coefficient (Wildman–Crippen LogP) is 2.33. The maximum atomic E-state index is 11.7. The second-order valence-electron chi connectivity index (χ2n) is 6.26. The van der Waals surface area contributed by atoms with Crippen LogP contribution in [-0.4, -0.2) is 35.6 Å². The number of hydrogen-bond donors (Lipinski definition) is 2. The lowest BCUT2D eigenvalue weighted by atomic mass is 10.0. The molecule has 1 amide bonds. The van der Waals surface area contributed by atoms with Crippen molar-refractivity contribution in [2.75, 3.05) is 6.79 Å². The van der Waals surface area contributed by atoms with Crippen molar-refractivity contribution < 1.29 is 28.9 Å². The molecule has 1 atom stereocenters. The molecule has 1 aromatic carbocycles. The highest BCUT2D eigenvalue weighted by Crippen LogP contribution is 2.32. The molecule has 23 heavy (non-hydrogen) atoms. The Morgan fingerprint density at radius 1 is 1.30 bits per heavy atom. The molecule has 126 valence electrons. The van der Waals surface area contributed by atoms with Gasteiger partial charge in [-0.15, -0.1) is 0 Å². The van der Waals surface area contributed by atoms with Crippen molar-refractivity contribution in [2.24, 2.45) is 0 Å². The molecule has 0 aliphatic carbocycles. The molecule has 1 aliphatic rings. The number of fused-ring (bicyclic) bond motifs is 1. The van der Waals surface area contributed by atoms with Gasteiger partial charge >= 0.3 is 12.1 Å². The number of carbonyl (C=O) groups excluding carboxylic acids is 1. The maximum absolute atomic E-state index is 11.7. The molecule has 0 radical (unpaired) electrons. The van der Waals surface area contributed by atoms with Gasteiger partial charge in [-0.05, 0) is 51.3 Å². The highest BCUT2D eigenvalue weighted by molar-refractivity contribution is 5.80. The van der Waals surface area contributed by atoms with Crippen LogP contribution < -0.4 is 14.8 Å². The minimum absolute atomic E-state index is 0.191. The molecule has 0 saturated carbocycles. The molecule has 1 heterocycles.